The molecule has 1 saturated carbocycles. The Hall–Kier alpha value is -2.18. The van der Waals surface area contributed by atoms with Crippen molar-refractivity contribution in [2.75, 3.05) is 0 Å². The van der Waals surface area contributed by atoms with Gasteiger partial charge in [0.2, 0.25) is 11.8 Å². The SMILES string of the molecule is CC(Cn1cccn1)N1C(=O)NC(=O)C2(CCCC2)C1=O. The van der Waals surface area contributed by atoms with Crippen molar-refractivity contribution in [3.8, 4) is 0 Å². The second-order valence-corrected chi connectivity index (χ2v) is 5.80. The highest BCUT2D eigenvalue weighted by molar-refractivity contribution is 6.19. The number of barbiturate groups is 1. The molecule has 0 aromatic carbocycles. The Labute approximate surface area is 122 Å². The molecule has 1 N–H and O–H groups in total. The highest BCUT2D eigenvalue weighted by Crippen LogP contribution is 2.42. The number of imide groups is 2. The van der Waals surface area contributed by atoms with Crippen molar-refractivity contribution < 1.29 is 14.4 Å². The predicted molar refractivity (Wildman–Crippen MR) is 73.0 cm³/mol. The van der Waals surface area contributed by atoms with E-state index in [1.807, 2.05) is 0 Å². The zero-order valence-corrected chi connectivity index (χ0v) is 11.9. The number of hydrogen-bond acceptors (Lipinski definition) is 4. The normalized spacial score (nSPS) is 22.7. The summed E-state index contributed by atoms with van der Waals surface area (Å²) < 4.78 is 1.67. The van der Waals surface area contributed by atoms with Gasteiger partial charge in [-0.05, 0) is 25.8 Å². The molecule has 1 saturated heterocycles. The first-order valence-electron chi connectivity index (χ1n) is 7.21. The number of urea groups is 1. The van der Waals surface area contributed by atoms with E-state index in [1.165, 1.54) is 4.90 Å². The molecule has 0 radical (unpaired) electrons. The molecule has 3 rings (SSSR count). The van der Waals surface area contributed by atoms with E-state index < -0.39 is 17.4 Å². The van der Waals surface area contributed by atoms with Gasteiger partial charge in [-0.3, -0.25) is 24.5 Å². The van der Waals surface area contributed by atoms with Gasteiger partial charge in [0.15, 0.2) is 0 Å². The molecule has 1 aromatic heterocycles. The van der Waals surface area contributed by atoms with E-state index in [4.69, 9.17) is 0 Å². The zero-order valence-electron chi connectivity index (χ0n) is 11.9. The summed E-state index contributed by atoms with van der Waals surface area (Å²) >= 11 is 0. The van der Waals surface area contributed by atoms with Gasteiger partial charge in [0.05, 0.1) is 12.6 Å². The number of carbonyl (C=O) groups excluding carboxylic acids is 3. The summed E-state index contributed by atoms with van der Waals surface area (Å²) in [4.78, 5) is 38.1. The molecule has 1 aromatic rings. The van der Waals surface area contributed by atoms with Crippen molar-refractivity contribution in [3.63, 3.8) is 0 Å². The lowest BCUT2D eigenvalue weighted by Gasteiger charge is -2.39. The van der Waals surface area contributed by atoms with Crippen LogP contribution in [-0.4, -0.2) is 38.6 Å². The predicted octanol–water partition coefficient (Wildman–Crippen LogP) is 0.910. The molecule has 1 aliphatic heterocycles. The van der Waals surface area contributed by atoms with Gasteiger partial charge in [-0.15, -0.1) is 0 Å². The van der Waals surface area contributed by atoms with Crippen molar-refractivity contribution in [3.05, 3.63) is 18.5 Å². The molecular weight excluding hydrogens is 272 g/mol. The maximum atomic E-state index is 12.8. The molecule has 2 fully saturated rings. The van der Waals surface area contributed by atoms with Crippen LogP contribution in [0.4, 0.5) is 4.79 Å². The van der Waals surface area contributed by atoms with Crippen LogP contribution in [0.3, 0.4) is 0 Å². The van der Waals surface area contributed by atoms with Crippen LogP contribution in [0.5, 0.6) is 0 Å². The fourth-order valence-corrected chi connectivity index (χ4v) is 3.28. The Bertz CT molecular complexity index is 575. The van der Waals surface area contributed by atoms with Crippen LogP contribution in [0.25, 0.3) is 0 Å². The van der Waals surface area contributed by atoms with E-state index in [0.717, 1.165) is 12.8 Å². The third-order valence-corrected chi connectivity index (χ3v) is 4.41. The van der Waals surface area contributed by atoms with E-state index in [0.29, 0.717) is 19.4 Å². The Kier molecular flexibility index (Phi) is 3.27. The van der Waals surface area contributed by atoms with Crippen LogP contribution in [0.15, 0.2) is 18.5 Å². The second kappa shape index (κ2) is 4.98. The third kappa shape index (κ3) is 2.12. The van der Waals surface area contributed by atoms with Gasteiger partial charge in [0.25, 0.3) is 0 Å². The number of hydrogen-bond donors (Lipinski definition) is 1. The molecule has 7 heteroatoms. The molecule has 1 atom stereocenters. The molecule has 4 amide bonds. The van der Waals surface area contributed by atoms with E-state index >= 15 is 0 Å². The summed E-state index contributed by atoms with van der Waals surface area (Å²) in [5, 5.41) is 6.44. The van der Waals surface area contributed by atoms with Crippen molar-refractivity contribution >= 4 is 17.8 Å². The minimum absolute atomic E-state index is 0.353. The van der Waals surface area contributed by atoms with Gasteiger partial charge in [0, 0.05) is 12.4 Å². The van der Waals surface area contributed by atoms with Crippen LogP contribution in [0.1, 0.15) is 32.6 Å². The average Bonchev–Trinajstić information content (AvgIpc) is 3.08. The van der Waals surface area contributed by atoms with Crippen molar-refractivity contribution in [2.45, 2.75) is 45.2 Å². The maximum absolute atomic E-state index is 12.8. The van der Waals surface area contributed by atoms with Gasteiger partial charge in [0.1, 0.15) is 5.41 Å². The highest BCUT2D eigenvalue weighted by atomic mass is 16.2. The lowest BCUT2D eigenvalue weighted by molar-refractivity contribution is -0.152. The molecule has 1 unspecified atom stereocenters. The topological polar surface area (TPSA) is 84.3 Å². The molecule has 7 nitrogen and oxygen atoms in total. The first-order chi connectivity index (χ1) is 10.0. The van der Waals surface area contributed by atoms with Gasteiger partial charge in [-0.1, -0.05) is 12.8 Å². The number of carbonyl (C=O) groups is 3. The second-order valence-electron chi connectivity index (χ2n) is 5.80. The van der Waals surface area contributed by atoms with Crippen LogP contribution >= 0.6 is 0 Å². The smallest absolute Gasteiger partial charge is 0.277 e. The van der Waals surface area contributed by atoms with E-state index in [1.54, 1.807) is 30.1 Å². The molecule has 112 valence electrons. The fourth-order valence-electron chi connectivity index (χ4n) is 3.28. The molecular formula is C14H18N4O3. The summed E-state index contributed by atoms with van der Waals surface area (Å²) in [7, 11) is 0. The van der Waals surface area contributed by atoms with Crippen LogP contribution in [0, 0.1) is 5.41 Å². The number of nitrogens with zero attached hydrogens (tertiary/aromatic N) is 3. The van der Waals surface area contributed by atoms with Crippen LogP contribution in [-0.2, 0) is 16.1 Å². The molecule has 1 spiro atoms. The van der Waals surface area contributed by atoms with E-state index in [2.05, 4.69) is 10.4 Å². The number of nitrogens with one attached hydrogen (secondary N) is 1. The first-order valence-corrected chi connectivity index (χ1v) is 7.21. The van der Waals surface area contributed by atoms with Crippen LogP contribution < -0.4 is 5.32 Å². The van der Waals surface area contributed by atoms with Crippen molar-refractivity contribution in [2.24, 2.45) is 5.41 Å². The van der Waals surface area contributed by atoms with Crippen LogP contribution in [0.2, 0.25) is 0 Å². The highest BCUT2D eigenvalue weighted by Gasteiger charge is 2.55. The fraction of sp³-hybridized carbons (Fsp3) is 0.571. The summed E-state index contributed by atoms with van der Waals surface area (Å²) in [5.74, 6) is -0.786. The molecule has 0 bridgehead atoms. The standard InChI is InChI=1S/C14H18N4O3/c1-10(9-17-8-4-7-15-17)18-12(20)14(5-2-3-6-14)11(19)16-13(18)21/h4,7-8,10H,2-3,5-6,9H2,1H3,(H,16,19,21). The summed E-state index contributed by atoms with van der Waals surface area (Å²) in [6, 6.07) is 0.803. The van der Waals surface area contributed by atoms with Gasteiger partial charge in [-0.2, -0.15) is 5.10 Å². The summed E-state index contributed by atoms with van der Waals surface area (Å²) in [6.07, 6.45) is 6.15. The molecule has 2 aliphatic rings. The van der Waals surface area contributed by atoms with Gasteiger partial charge >= 0.3 is 6.03 Å². The minimum atomic E-state index is -1.04. The van der Waals surface area contributed by atoms with Crippen molar-refractivity contribution in [1.82, 2.24) is 20.0 Å². The lowest BCUT2D eigenvalue weighted by atomic mass is 9.81. The third-order valence-electron chi connectivity index (χ3n) is 4.41. The quantitative estimate of drug-likeness (QED) is 0.839. The number of rotatable bonds is 3. The molecule has 2 heterocycles. The lowest BCUT2D eigenvalue weighted by Crippen LogP contribution is -2.65. The summed E-state index contributed by atoms with van der Waals surface area (Å²) in [6.45, 7) is 2.20. The number of amides is 4. The maximum Gasteiger partial charge on any atom is 0.331 e. The molecule has 1 aliphatic carbocycles. The average molecular weight is 290 g/mol. The monoisotopic (exact) mass is 290 g/mol. The van der Waals surface area contributed by atoms with E-state index in [-0.39, 0.29) is 11.9 Å². The Balaban J connectivity index is 1.84. The zero-order chi connectivity index (χ0) is 15.0. The Morgan fingerprint density at radius 1 is 1.33 bits per heavy atom. The Morgan fingerprint density at radius 2 is 2.05 bits per heavy atom. The minimum Gasteiger partial charge on any atom is -0.277 e. The van der Waals surface area contributed by atoms with Gasteiger partial charge in [-0.25, -0.2) is 4.79 Å². The summed E-state index contributed by atoms with van der Waals surface area (Å²) in [5.41, 5.74) is -1.04. The van der Waals surface area contributed by atoms with E-state index in [9.17, 15) is 14.4 Å². The van der Waals surface area contributed by atoms with Gasteiger partial charge < -0.3 is 0 Å². The van der Waals surface area contributed by atoms with Crippen molar-refractivity contribution in [1.29, 1.82) is 0 Å². The largest absolute Gasteiger partial charge is 0.331 e. The Morgan fingerprint density at radius 3 is 2.67 bits per heavy atom. The first kappa shape index (κ1) is 13.8. The number of aromatic nitrogens is 2. The molecule has 21 heavy (non-hydrogen) atoms.